The van der Waals surface area contributed by atoms with E-state index in [4.69, 9.17) is 0 Å². The molecular formula is C23H27FN4O2S. The first-order valence-corrected chi connectivity index (χ1v) is 11.3. The van der Waals surface area contributed by atoms with E-state index in [1.165, 1.54) is 23.5 Å². The fourth-order valence-corrected chi connectivity index (χ4v) is 3.86. The average molecular weight is 443 g/mol. The number of hydrogen-bond acceptors (Lipinski definition) is 4. The van der Waals surface area contributed by atoms with Crippen molar-refractivity contribution in [3.05, 3.63) is 64.2 Å². The van der Waals surface area contributed by atoms with Gasteiger partial charge >= 0.3 is 0 Å². The molecule has 0 aliphatic rings. The highest BCUT2D eigenvalue weighted by molar-refractivity contribution is 7.08. The molecule has 0 unspecified atom stereocenters. The third-order valence-corrected chi connectivity index (χ3v) is 5.71. The van der Waals surface area contributed by atoms with Gasteiger partial charge in [0.2, 0.25) is 5.91 Å². The molecule has 0 aliphatic heterocycles. The predicted molar refractivity (Wildman–Crippen MR) is 120 cm³/mol. The van der Waals surface area contributed by atoms with Gasteiger partial charge in [-0.05, 0) is 48.9 Å². The van der Waals surface area contributed by atoms with Crippen LogP contribution < -0.4 is 5.32 Å². The van der Waals surface area contributed by atoms with Crippen LogP contribution in [0.25, 0.3) is 11.3 Å². The Hall–Kier alpha value is -3.00. The minimum Gasteiger partial charge on any atom is -0.351 e. The first kappa shape index (κ1) is 22.7. The maximum absolute atomic E-state index is 13.3. The minimum atomic E-state index is -0.273. The van der Waals surface area contributed by atoms with Crippen LogP contribution in [0.1, 0.15) is 41.7 Å². The van der Waals surface area contributed by atoms with Gasteiger partial charge in [-0.2, -0.15) is 16.4 Å². The first-order valence-electron chi connectivity index (χ1n) is 10.4. The molecule has 0 bridgehead atoms. The van der Waals surface area contributed by atoms with Crippen LogP contribution >= 0.6 is 11.3 Å². The van der Waals surface area contributed by atoms with Crippen molar-refractivity contribution in [3.63, 3.8) is 0 Å². The van der Waals surface area contributed by atoms with Crippen LogP contribution in [0.5, 0.6) is 0 Å². The Morgan fingerprint density at radius 2 is 2.06 bits per heavy atom. The van der Waals surface area contributed by atoms with E-state index in [0.29, 0.717) is 25.1 Å². The monoisotopic (exact) mass is 442 g/mol. The molecule has 1 aromatic carbocycles. The third-order valence-electron chi connectivity index (χ3n) is 5.02. The topological polar surface area (TPSA) is 78.1 Å². The van der Waals surface area contributed by atoms with Gasteiger partial charge in [-0.1, -0.05) is 18.6 Å². The number of rotatable bonds is 11. The Morgan fingerprint density at radius 1 is 1.19 bits per heavy atom. The summed E-state index contributed by atoms with van der Waals surface area (Å²) < 4.78 is 13.3. The summed E-state index contributed by atoms with van der Waals surface area (Å²) in [4.78, 5) is 25.8. The molecule has 6 nitrogen and oxygen atoms in total. The molecule has 2 N–H and O–H groups in total. The maximum Gasteiger partial charge on any atom is 0.252 e. The molecule has 3 rings (SSSR count). The second-order valence-electron chi connectivity index (χ2n) is 7.43. The van der Waals surface area contributed by atoms with Gasteiger partial charge in [0.15, 0.2) is 0 Å². The number of carbonyl (C=O) groups is 2. The Bertz CT molecular complexity index is 987. The molecule has 31 heavy (non-hydrogen) atoms. The highest BCUT2D eigenvalue weighted by Gasteiger charge is 2.10. The molecule has 164 valence electrons. The fourth-order valence-electron chi connectivity index (χ4n) is 3.22. The zero-order valence-electron chi connectivity index (χ0n) is 17.6. The molecule has 3 aromatic rings. The summed E-state index contributed by atoms with van der Waals surface area (Å²) >= 11 is 1.47. The summed E-state index contributed by atoms with van der Waals surface area (Å²) in [6.45, 7) is 1.03. The SMILES string of the molecule is CN(CCCCCc1cc(-c2cccc(F)c2)n[nH]1)C(=O)CCNC(=O)c1ccsc1. The number of unbranched alkanes of at least 4 members (excludes halogenated alkanes) is 2. The molecule has 0 atom stereocenters. The number of hydrogen-bond donors (Lipinski definition) is 2. The van der Waals surface area contributed by atoms with Crippen LogP contribution in [-0.4, -0.2) is 47.0 Å². The van der Waals surface area contributed by atoms with Crippen LogP contribution in [-0.2, 0) is 11.2 Å². The normalized spacial score (nSPS) is 10.8. The van der Waals surface area contributed by atoms with Gasteiger partial charge < -0.3 is 10.2 Å². The van der Waals surface area contributed by atoms with Gasteiger partial charge in [-0.25, -0.2) is 4.39 Å². The number of amides is 2. The largest absolute Gasteiger partial charge is 0.351 e. The number of H-pyrrole nitrogens is 1. The van der Waals surface area contributed by atoms with Crippen molar-refractivity contribution < 1.29 is 14.0 Å². The fraction of sp³-hybridized carbons (Fsp3) is 0.348. The van der Waals surface area contributed by atoms with Crippen LogP contribution in [0.4, 0.5) is 4.39 Å². The van der Waals surface area contributed by atoms with E-state index >= 15 is 0 Å². The van der Waals surface area contributed by atoms with E-state index in [2.05, 4.69) is 15.5 Å². The number of benzene rings is 1. The van der Waals surface area contributed by atoms with Gasteiger partial charge in [0, 0.05) is 48.8 Å². The summed E-state index contributed by atoms with van der Waals surface area (Å²) in [7, 11) is 1.79. The molecule has 0 saturated carbocycles. The number of aromatic amines is 1. The van der Waals surface area contributed by atoms with E-state index in [0.717, 1.165) is 42.6 Å². The van der Waals surface area contributed by atoms with Crippen molar-refractivity contribution >= 4 is 23.2 Å². The lowest BCUT2D eigenvalue weighted by molar-refractivity contribution is -0.129. The van der Waals surface area contributed by atoms with Gasteiger partial charge in [0.1, 0.15) is 5.82 Å². The van der Waals surface area contributed by atoms with E-state index in [9.17, 15) is 14.0 Å². The Balaban J connectivity index is 1.29. The average Bonchev–Trinajstić information content (AvgIpc) is 3.45. The van der Waals surface area contributed by atoms with Gasteiger partial charge in [0.25, 0.3) is 5.91 Å². The predicted octanol–water partition coefficient (Wildman–Crippen LogP) is 4.27. The molecule has 0 fully saturated rings. The number of nitrogens with zero attached hydrogens (tertiary/aromatic N) is 2. The zero-order chi connectivity index (χ0) is 22.1. The lowest BCUT2D eigenvalue weighted by Crippen LogP contribution is -2.32. The van der Waals surface area contributed by atoms with Crippen molar-refractivity contribution in [2.45, 2.75) is 32.1 Å². The molecule has 2 heterocycles. The highest BCUT2D eigenvalue weighted by atomic mass is 32.1. The number of carbonyl (C=O) groups excluding carboxylic acids is 2. The molecule has 0 spiro atoms. The van der Waals surface area contributed by atoms with Crippen LogP contribution in [0.15, 0.2) is 47.2 Å². The van der Waals surface area contributed by atoms with Crippen LogP contribution in [0.2, 0.25) is 0 Å². The number of thiophene rings is 1. The third kappa shape index (κ3) is 7.03. The Morgan fingerprint density at radius 3 is 2.84 bits per heavy atom. The van der Waals surface area contributed by atoms with Crippen molar-refractivity contribution in [1.82, 2.24) is 20.4 Å². The highest BCUT2D eigenvalue weighted by Crippen LogP contribution is 2.19. The Labute approximate surface area is 185 Å². The molecule has 0 aliphatic carbocycles. The van der Waals surface area contributed by atoms with E-state index < -0.39 is 0 Å². The summed E-state index contributed by atoms with van der Waals surface area (Å²) in [6.07, 6.45) is 4.02. The maximum atomic E-state index is 13.3. The molecule has 0 saturated heterocycles. The Kier molecular flexibility index (Phi) is 8.35. The first-order chi connectivity index (χ1) is 15.0. The molecule has 2 aromatic heterocycles. The van der Waals surface area contributed by atoms with Gasteiger partial charge in [-0.3, -0.25) is 14.7 Å². The van der Waals surface area contributed by atoms with E-state index in [1.807, 2.05) is 17.5 Å². The number of nitrogens with one attached hydrogen (secondary N) is 2. The minimum absolute atomic E-state index is 0.0268. The van der Waals surface area contributed by atoms with Crippen molar-refractivity contribution in [2.75, 3.05) is 20.1 Å². The van der Waals surface area contributed by atoms with Crippen molar-refractivity contribution in [1.29, 1.82) is 0 Å². The van der Waals surface area contributed by atoms with Gasteiger partial charge in [-0.15, -0.1) is 0 Å². The van der Waals surface area contributed by atoms with Crippen molar-refractivity contribution in [2.24, 2.45) is 0 Å². The van der Waals surface area contributed by atoms with E-state index in [1.54, 1.807) is 29.5 Å². The van der Waals surface area contributed by atoms with E-state index in [-0.39, 0.29) is 17.6 Å². The lowest BCUT2D eigenvalue weighted by atomic mass is 10.1. The van der Waals surface area contributed by atoms with Gasteiger partial charge in [0.05, 0.1) is 5.69 Å². The van der Waals surface area contributed by atoms with Crippen LogP contribution in [0, 0.1) is 5.82 Å². The summed E-state index contributed by atoms with van der Waals surface area (Å²) in [5.41, 5.74) is 3.15. The number of aryl methyl sites for hydroxylation is 1. The summed E-state index contributed by atoms with van der Waals surface area (Å²) in [5, 5.41) is 13.7. The quantitative estimate of drug-likeness (QED) is 0.436. The zero-order valence-corrected chi connectivity index (χ0v) is 18.4. The van der Waals surface area contributed by atoms with Crippen LogP contribution in [0.3, 0.4) is 0 Å². The molecular weight excluding hydrogens is 415 g/mol. The second-order valence-corrected chi connectivity index (χ2v) is 8.21. The molecule has 8 heteroatoms. The van der Waals surface area contributed by atoms with Crippen molar-refractivity contribution in [3.8, 4) is 11.3 Å². The summed E-state index contributed by atoms with van der Waals surface area (Å²) in [6, 6.07) is 10.1. The lowest BCUT2D eigenvalue weighted by Gasteiger charge is -2.17. The smallest absolute Gasteiger partial charge is 0.252 e. The standard InChI is InChI=1S/C23H27FN4O2S/c1-28(22(29)9-11-25-23(30)18-10-13-31-16-18)12-4-2-3-8-20-15-21(27-26-20)17-6-5-7-19(24)14-17/h5-7,10,13-16H,2-4,8-9,11-12H2,1H3,(H,25,30)(H,26,27). The molecule has 2 amide bonds. The number of halogens is 1. The second kappa shape index (κ2) is 11.4. The summed E-state index contributed by atoms with van der Waals surface area (Å²) in [5.74, 6) is -0.388. The molecule has 0 radical (unpaired) electrons. The number of aromatic nitrogens is 2.